The van der Waals surface area contributed by atoms with E-state index in [1.54, 1.807) is 24.3 Å². The smallest absolute Gasteiger partial charge is 0.132 e. The third kappa shape index (κ3) is 1.55. The Balaban J connectivity index is 2.52. The van der Waals surface area contributed by atoms with Crippen LogP contribution in [0, 0.1) is 5.82 Å². The zero-order valence-corrected chi connectivity index (χ0v) is 7.35. The van der Waals surface area contributed by atoms with Gasteiger partial charge in [0, 0.05) is 11.6 Å². The molecule has 0 radical (unpaired) electrons. The third-order valence-electron chi connectivity index (χ3n) is 1.70. The van der Waals surface area contributed by atoms with E-state index < -0.39 is 0 Å². The molecule has 1 aromatic carbocycles. The van der Waals surface area contributed by atoms with Gasteiger partial charge in [-0.2, -0.15) is 5.10 Å². The lowest BCUT2D eigenvalue weighted by molar-refractivity contribution is 0.630. The van der Waals surface area contributed by atoms with Gasteiger partial charge in [0.1, 0.15) is 11.0 Å². The SMILES string of the molecule is Fc1ccccc1-c1cc(Cl)[nH]n1. The minimum atomic E-state index is -0.300. The molecule has 0 fully saturated rings. The van der Waals surface area contributed by atoms with Crippen LogP contribution in [0.5, 0.6) is 0 Å². The van der Waals surface area contributed by atoms with Crippen molar-refractivity contribution in [2.45, 2.75) is 0 Å². The number of aromatic nitrogens is 2. The summed E-state index contributed by atoms with van der Waals surface area (Å²) in [7, 11) is 0. The van der Waals surface area contributed by atoms with Gasteiger partial charge in [-0.05, 0) is 12.1 Å². The summed E-state index contributed by atoms with van der Waals surface area (Å²) < 4.78 is 13.2. The van der Waals surface area contributed by atoms with Crippen molar-refractivity contribution in [3.63, 3.8) is 0 Å². The number of halogens is 2. The summed E-state index contributed by atoms with van der Waals surface area (Å²) in [6, 6.07) is 8.01. The van der Waals surface area contributed by atoms with E-state index >= 15 is 0 Å². The predicted octanol–water partition coefficient (Wildman–Crippen LogP) is 2.87. The van der Waals surface area contributed by atoms with Crippen molar-refractivity contribution in [3.05, 3.63) is 41.3 Å². The van der Waals surface area contributed by atoms with Crippen LogP contribution in [0.1, 0.15) is 0 Å². The Bertz CT molecular complexity index is 425. The van der Waals surface area contributed by atoms with E-state index in [-0.39, 0.29) is 5.82 Å². The molecule has 1 aromatic heterocycles. The Morgan fingerprint density at radius 1 is 1.31 bits per heavy atom. The second-order valence-corrected chi connectivity index (χ2v) is 2.99. The van der Waals surface area contributed by atoms with Crippen molar-refractivity contribution < 1.29 is 4.39 Å². The standard InChI is InChI=1S/C9H6ClFN2/c10-9-5-8(12-13-9)6-3-1-2-4-7(6)11/h1-5H,(H,12,13). The van der Waals surface area contributed by atoms with Crippen molar-refractivity contribution >= 4 is 11.6 Å². The molecule has 0 aliphatic heterocycles. The van der Waals surface area contributed by atoms with E-state index in [0.29, 0.717) is 16.4 Å². The first kappa shape index (κ1) is 8.26. The zero-order valence-electron chi connectivity index (χ0n) is 6.59. The van der Waals surface area contributed by atoms with Crippen LogP contribution in [0.4, 0.5) is 4.39 Å². The highest BCUT2D eigenvalue weighted by Gasteiger charge is 2.06. The minimum absolute atomic E-state index is 0.300. The van der Waals surface area contributed by atoms with Crippen molar-refractivity contribution in [3.8, 4) is 11.3 Å². The van der Waals surface area contributed by atoms with Crippen LogP contribution in [-0.4, -0.2) is 10.2 Å². The van der Waals surface area contributed by atoms with Gasteiger partial charge in [-0.1, -0.05) is 23.7 Å². The van der Waals surface area contributed by atoms with E-state index in [4.69, 9.17) is 11.6 Å². The van der Waals surface area contributed by atoms with Crippen LogP contribution in [-0.2, 0) is 0 Å². The van der Waals surface area contributed by atoms with Crippen LogP contribution in [0.2, 0.25) is 5.15 Å². The summed E-state index contributed by atoms with van der Waals surface area (Å²) in [5, 5.41) is 6.79. The molecule has 66 valence electrons. The Labute approximate surface area is 79.4 Å². The normalized spacial score (nSPS) is 10.3. The lowest BCUT2D eigenvalue weighted by Crippen LogP contribution is -1.82. The molecular formula is C9H6ClFN2. The van der Waals surface area contributed by atoms with Gasteiger partial charge in [0.2, 0.25) is 0 Å². The number of H-pyrrole nitrogens is 1. The summed E-state index contributed by atoms with van der Waals surface area (Å²) in [5.74, 6) is -0.300. The number of aromatic amines is 1. The molecule has 1 N–H and O–H groups in total. The first-order chi connectivity index (χ1) is 6.27. The maximum atomic E-state index is 13.2. The summed E-state index contributed by atoms with van der Waals surface area (Å²) in [5.41, 5.74) is 0.966. The Morgan fingerprint density at radius 3 is 2.69 bits per heavy atom. The van der Waals surface area contributed by atoms with E-state index in [2.05, 4.69) is 10.2 Å². The van der Waals surface area contributed by atoms with Crippen molar-refractivity contribution in [1.82, 2.24) is 10.2 Å². The van der Waals surface area contributed by atoms with Crippen LogP contribution < -0.4 is 0 Å². The predicted molar refractivity (Wildman–Crippen MR) is 49.0 cm³/mol. The second-order valence-electron chi connectivity index (χ2n) is 2.58. The Kier molecular flexibility index (Phi) is 2.02. The molecule has 2 rings (SSSR count). The second kappa shape index (κ2) is 3.18. The number of hydrogen-bond acceptors (Lipinski definition) is 1. The van der Waals surface area contributed by atoms with Crippen LogP contribution in [0.3, 0.4) is 0 Å². The first-order valence-corrected chi connectivity index (χ1v) is 4.11. The zero-order chi connectivity index (χ0) is 9.26. The highest BCUT2D eigenvalue weighted by Crippen LogP contribution is 2.21. The summed E-state index contributed by atoms with van der Waals surface area (Å²) in [6.07, 6.45) is 0. The molecule has 0 aliphatic rings. The maximum Gasteiger partial charge on any atom is 0.132 e. The van der Waals surface area contributed by atoms with Crippen molar-refractivity contribution in [1.29, 1.82) is 0 Å². The lowest BCUT2D eigenvalue weighted by Gasteiger charge is -1.96. The van der Waals surface area contributed by atoms with Gasteiger partial charge in [0.25, 0.3) is 0 Å². The number of rotatable bonds is 1. The average molecular weight is 197 g/mol. The van der Waals surface area contributed by atoms with Crippen molar-refractivity contribution in [2.24, 2.45) is 0 Å². The summed E-state index contributed by atoms with van der Waals surface area (Å²) in [6.45, 7) is 0. The molecule has 13 heavy (non-hydrogen) atoms. The van der Waals surface area contributed by atoms with Gasteiger partial charge in [0.15, 0.2) is 0 Å². The van der Waals surface area contributed by atoms with Crippen molar-refractivity contribution in [2.75, 3.05) is 0 Å². The largest absolute Gasteiger partial charge is 0.267 e. The molecule has 0 bridgehead atoms. The molecule has 0 spiro atoms. The fourth-order valence-electron chi connectivity index (χ4n) is 1.11. The number of nitrogens with zero attached hydrogens (tertiary/aromatic N) is 1. The highest BCUT2D eigenvalue weighted by atomic mass is 35.5. The number of hydrogen-bond donors (Lipinski definition) is 1. The third-order valence-corrected chi connectivity index (χ3v) is 1.89. The van der Waals surface area contributed by atoms with Gasteiger partial charge in [-0.3, -0.25) is 5.10 Å². The van der Waals surface area contributed by atoms with Crippen LogP contribution in [0.25, 0.3) is 11.3 Å². The molecule has 1 heterocycles. The van der Waals surface area contributed by atoms with Gasteiger partial charge >= 0.3 is 0 Å². The monoisotopic (exact) mass is 196 g/mol. The molecule has 2 nitrogen and oxygen atoms in total. The minimum Gasteiger partial charge on any atom is -0.267 e. The molecule has 0 saturated heterocycles. The Hall–Kier alpha value is -1.35. The fourth-order valence-corrected chi connectivity index (χ4v) is 1.25. The maximum absolute atomic E-state index is 13.2. The fraction of sp³-hybridized carbons (Fsp3) is 0. The Morgan fingerprint density at radius 2 is 2.08 bits per heavy atom. The van der Waals surface area contributed by atoms with E-state index in [9.17, 15) is 4.39 Å². The topological polar surface area (TPSA) is 28.7 Å². The molecule has 4 heteroatoms. The van der Waals surface area contributed by atoms with E-state index in [1.165, 1.54) is 6.07 Å². The quantitative estimate of drug-likeness (QED) is 0.747. The van der Waals surface area contributed by atoms with Gasteiger partial charge in [0.05, 0.1) is 5.69 Å². The van der Waals surface area contributed by atoms with E-state index in [0.717, 1.165) is 0 Å². The number of nitrogens with one attached hydrogen (secondary N) is 1. The summed E-state index contributed by atoms with van der Waals surface area (Å²) >= 11 is 5.62. The molecule has 0 saturated carbocycles. The molecule has 0 amide bonds. The van der Waals surface area contributed by atoms with Gasteiger partial charge < -0.3 is 0 Å². The number of benzene rings is 1. The van der Waals surface area contributed by atoms with Crippen LogP contribution >= 0.6 is 11.6 Å². The average Bonchev–Trinajstić information content (AvgIpc) is 2.53. The molecular weight excluding hydrogens is 191 g/mol. The first-order valence-electron chi connectivity index (χ1n) is 3.73. The molecule has 2 aromatic rings. The molecule has 0 atom stereocenters. The summed E-state index contributed by atoms with van der Waals surface area (Å²) in [4.78, 5) is 0. The molecule has 0 unspecified atom stereocenters. The van der Waals surface area contributed by atoms with Gasteiger partial charge in [-0.25, -0.2) is 4.39 Å². The molecule has 0 aliphatic carbocycles. The van der Waals surface area contributed by atoms with Crippen LogP contribution in [0.15, 0.2) is 30.3 Å². The van der Waals surface area contributed by atoms with Gasteiger partial charge in [-0.15, -0.1) is 0 Å². The highest BCUT2D eigenvalue weighted by molar-refractivity contribution is 6.29. The lowest BCUT2D eigenvalue weighted by atomic mass is 10.1. The van der Waals surface area contributed by atoms with E-state index in [1.807, 2.05) is 0 Å².